The molecule has 0 saturated carbocycles. The molecular weight excluding hydrogens is 229 g/mol. The Morgan fingerprint density at radius 2 is 1.83 bits per heavy atom. The molecule has 2 aromatic rings. The van der Waals surface area contributed by atoms with Gasteiger partial charge in [0.25, 0.3) is 0 Å². The van der Waals surface area contributed by atoms with Crippen LogP contribution in [0.25, 0.3) is 0 Å². The van der Waals surface area contributed by atoms with Crippen molar-refractivity contribution >= 4 is 0 Å². The fourth-order valence-corrected chi connectivity index (χ4v) is 1.67. The molecule has 0 heterocycles. The van der Waals surface area contributed by atoms with Crippen LogP contribution in [0.3, 0.4) is 0 Å². The van der Waals surface area contributed by atoms with Gasteiger partial charge in [0.1, 0.15) is 5.75 Å². The third kappa shape index (κ3) is 2.68. The third-order valence-electron chi connectivity index (χ3n) is 2.80. The first-order chi connectivity index (χ1) is 8.58. The molecule has 2 rings (SSSR count). The molecule has 18 heavy (non-hydrogen) atoms. The van der Waals surface area contributed by atoms with E-state index in [1.54, 1.807) is 12.1 Å². The summed E-state index contributed by atoms with van der Waals surface area (Å²) in [4.78, 5) is 0. The zero-order valence-corrected chi connectivity index (χ0v) is 10.5. The van der Waals surface area contributed by atoms with E-state index >= 15 is 0 Å². The number of halogens is 1. The van der Waals surface area contributed by atoms with E-state index < -0.39 is 5.82 Å². The Balaban J connectivity index is 2.28. The van der Waals surface area contributed by atoms with Crippen LogP contribution in [0.2, 0.25) is 0 Å². The minimum Gasteiger partial charge on any atom is -0.454 e. The van der Waals surface area contributed by atoms with Crippen LogP contribution >= 0.6 is 0 Å². The molecule has 0 spiro atoms. The van der Waals surface area contributed by atoms with Crippen molar-refractivity contribution in [2.75, 3.05) is 0 Å². The van der Waals surface area contributed by atoms with Crippen LogP contribution in [0, 0.1) is 12.7 Å². The number of aryl methyl sites for hydroxylation is 1. The maximum Gasteiger partial charge on any atom is 0.166 e. The summed E-state index contributed by atoms with van der Waals surface area (Å²) in [6, 6.07) is 12.1. The first-order valence-electron chi connectivity index (χ1n) is 5.86. The van der Waals surface area contributed by atoms with Gasteiger partial charge in [0.05, 0.1) is 0 Å². The molecule has 2 N–H and O–H groups in total. The van der Waals surface area contributed by atoms with E-state index in [-0.39, 0.29) is 11.8 Å². The Labute approximate surface area is 106 Å². The first-order valence-corrected chi connectivity index (χ1v) is 5.86. The van der Waals surface area contributed by atoms with E-state index in [1.165, 1.54) is 6.07 Å². The predicted molar refractivity (Wildman–Crippen MR) is 70.3 cm³/mol. The summed E-state index contributed by atoms with van der Waals surface area (Å²) in [5.74, 6) is 0.478. The SMILES string of the molecule is Cc1ccccc1Oc1ccc([C@@H](C)N)cc1F. The van der Waals surface area contributed by atoms with Gasteiger partial charge in [-0.2, -0.15) is 0 Å². The molecule has 0 bridgehead atoms. The molecule has 0 aliphatic rings. The van der Waals surface area contributed by atoms with Crippen molar-refractivity contribution in [2.45, 2.75) is 19.9 Å². The summed E-state index contributed by atoms with van der Waals surface area (Å²) in [6.07, 6.45) is 0. The van der Waals surface area contributed by atoms with Gasteiger partial charge in [-0.05, 0) is 43.2 Å². The minimum absolute atomic E-state index is 0.188. The molecular formula is C15H16FNO. The summed E-state index contributed by atoms with van der Waals surface area (Å²) < 4.78 is 19.4. The highest BCUT2D eigenvalue weighted by atomic mass is 19.1. The van der Waals surface area contributed by atoms with Crippen molar-refractivity contribution in [3.63, 3.8) is 0 Å². The number of benzene rings is 2. The van der Waals surface area contributed by atoms with Crippen molar-refractivity contribution in [1.29, 1.82) is 0 Å². The molecule has 0 aliphatic heterocycles. The Kier molecular flexibility index (Phi) is 3.63. The van der Waals surface area contributed by atoms with Crippen LogP contribution in [0.1, 0.15) is 24.1 Å². The Hall–Kier alpha value is -1.87. The zero-order chi connectivity index (χ0) is 13.1. The van der Waals surface area contributed by atoms with Crippen LogP contribution in [0.4, 0.5) is 4.39 Å². The summed E-state index contributed by atoms with van der Waals surface area (Å²) >= 11 is 0. The van der Waals surface area contributed by atoms with E-state index in [2.05, 4.69) is 0 Å². The Morgan fingerprint density at radius 3 is 2.44 bits per heavy atom. The standard InChI is InChI=1S/C15H16FNO/c1-10-5-3-4-6-14(10)18-15-8-7-12(11(2)17)9-13(15)16/h3-9,11H,17H2,1-2H3/t11-/m1/s1. The number of hydrogen-bond acceptors (Lipinski definition) is 2. The van der Waals surface area contributed by atoms with Crippen LogP contribution in [0.5, 0.6) is 11.5 Å². The Bertz CT molecular complexity index is 552. The second-order valence-electron chi connectivity index (χ2n) is 4.35. The van der Waals surface area contributed by atoms with Gasteiger partial charge < -0.3 is 10.5 Å². The molecule has 2 aromatic carbocycles. The van der Waals surface area contributed by atoms with Crippen molar-refractivity contribution in [1.82, 2.24) is 0 Å². The van der Waals surface area contributed by atoms with E-state index in [9.17, 15) is 4.39 Å². The maximum atomic E-state index is 13.8. The maximum absolute atomic E-state index is 13.8. The second kappa shape index (κ2) is 5.19. The lowest BCUT2D eigenvalue weighted by Crippen LogP contribution is -2.05. The number of nitrogens with two attached hydrogens (primary N) is 1. The zero-order valence-electron chi connectivity index (χ0n) is 10.5. The van der Waals surface area contributed by atoms with Gasteiger partial charge in [-0.15, -0.1) is 0 Å². The highest BCUT2D eigenvalue weighted by molar-refractivity contribution is 5.38. The third-order valence-corrected chi connectivity index (χ3v) is 2.80. The fraction of sp³-hybridized carbons (Fsp3) is 0.200. The summed E-state index contributed by atoms with van der Waals surface area (Å²) in [5.41, 5.74) is 7.42. The van der Waals surface area contributed by atoms with Gasteiger partial charge in [-0.1, -0.05) is 24.3 Å². The first kappa shape index (κ1) is 12.6. The summed E-state index contributed by atoms with van der Waals surface area (Å²) in [5, 5.41) is 0. The molecule has 0 amide bonds. The molecule has 1 atom stereocenters. The smallest absolute Gasteiger partial charge is 0.166 e. The van der Waals surface area contributed by atoms with Gasteiger partial charge in [0.2, 0.25) is 0 Å². The monoisotopic (exact) mass is 245 g/mol. The van der Waals surface area contributed by atoms with Crippen LogP contribution in [-0.2, 0) is 0 Å². The van der Waals surface area contributed by atoms with Gasteiger partial charge in [-0.3, -0.25) is 0 Å². The molecule has 0 unspecified atom stereocenters. The lowest BCUT2D eigenvalue weighted by atomic mass is 10.1. The average Bonchev–Trinajstić information content (AvgIpc) is 2.34. The van der Waals surface area contributed by atoms with E-state index in [0.29, 0.717) is 5.75 Å². The molecule has 0 fully saturated rings. The quantitative estimate of drug-likeness (QED) is 0.888. The summed E-state index contributed by atoms with van der Waals surface area (Å²) in [6.45, 7) is 3.74. The van der Waals surface area contributed by atoms with Crippen LogP contribution in [0.15, 0.2) is 42.5 Å². The molecule has 94 valence electrons. The largest absolute Gasteiger partial charge is 0.454 e. The van der Waals surface area contributed by atoms with Gasteiger partial charge in [0.15, 0.2) is 11.6 Å². The second-order valence-corrected chi connectivity index (χ2v) is 4.35. The number of rotatable bonds is 3. The minimum atomic E-state index is -0.395. The molecule has 0 radical (unpaired) electrons. The van der Waals surface area contributed by atoms with E-state index in [4.69, 9.17) is 10.5 Å². The number of hydrogen-bond donors (Lipinski definition) is 1. The number of para-hydroxylation sites is 1. The predicted octanol–water partition coefficient (Wildman–Crippen LogP) is 3.95. The topological polar surface area (TPSA) is 35.2 Å². The van der Waals surface area contributed by atoms with Crippen molar-refractivity contribution in [3.8, 4) is 11.5 Å². The highest BCUT2D eigenvalue weighted by Crippen LogP contribution is 2.28. The molecule has 0 aliphatic carbocycles. The van der Waals surface area contributed by atoms with Gasteiger partial charge in [-0.25, -0.2) is 4.39 Å². The van der Waals surface area contributed by atoms with Crippen LogP contribution in [-0.4, -0.2) is 0 Å². The molecule has 2 nitrogen and oxygen atoms in total. The number of ether oxygens (including phenoxy) is 1. The van der Waals surface area contributed by atoms with Crippen molar-refractivity contribution in [3.05, 3.63) is 59.4 Å². The Morgan fingerprint density at radius 1 is 1.11 bits per heavy atom. The lowest BCUT2D eigenvalue weighted by Gasteiger charge is -2.11. The average molecular weight is 245 g/mol. The van der Waals surface area contributed by atoms with Gasteiger partial charge >= 0.3 is 0 Å². The lowest BCUT2D eigenvalue weighted by molar-refractivity contribution is 0.438. The molecule has 0 saturated heterocycles. The normalized spacial score (nSPS) is 12.2. The van der Waals surface area contributed by atoms with Crippen LogP contribution < -0.4 is 10.5 Å². The van der Waals surface area contributed by atoms with Crippen molar-refractivity contribution < 1.29 is 9.13 Å². The van der Waals surface area contributed by atoms with Crippen molar-refractivity contribution in [2.24, 2.45) is 5.73 Å². The molecule has 3 heteroatoms. The van der Waals surface area contributed by atoms with E-state index in [1.807, 2.05) is 38.1 Å². The fourth-order valence-electron chi connectivity index (χ4n) is 1.67. The summed E-state index contributed by atoms with van der Waals surface area (Å²) in [7, 11) is 0. The van der Waals surface area contributed by atoms with E-state index in [0.717, 1.165) is 11.1 Å². The highest BCUT2D eigenvalue weighted by Gasteiger charge is 2.09. The van der Waals surface area contributed by atoms with Gasteiger partial charge in [0, 0.05) is 6.04 Å². The molecule has 0 aromatic heterocycles.